The molecule has 0 fully saturated rings. The number of benzene rings is 1. The fourth-order valence-corrected chi connectivity index (χ4v) is 1.92. The second-order valence-corrected chi connectivity index (χ2v) is 4.49. The summed E-state index contributed by atoms with van der Waals surface area (Å²) in [5, 5.41) is 3.04. The monoisotopic (exact) mass is 429 g/mol. The summed E-state index contributed by atoms with van der Waals surface area (Å²) in [7, 11) is 5.29. The van der Waals surface area contributed by atoms with Gasteiger partial charge in [0.25, 0.3) is 0 Å². The van der Waals surface area contributed by atoms with Crippen LogP contribution >= 0.6 is 24.0 Å². The second-order valence-electron chi connectivity index (χ2n) is 4.49. The first-order valence-corrected chi connectivity index (χ1v) is 6.26. The first-order chi connectivity index (χ1) is 10.0. The molecule has 0 amide bonds. The van der Waals surface area contributed by atoms with E-state index in [0.29, 0.717) is 23.0 Å². The molecular weight excluding hydrogens is 411 g/mol. The van der Waals surface area contributed by atoms with Crippen LogP contribution in [0.1, 0.15) is 5.56 Å². The molecule has 0 atom stereocenters. The molecule has 2 rings (SSSR count). The summed E-state index contributed by atoms with van der Waals surface area (Å²) in [5.41, 5.74) is 0.530. The van der Waals surface area contributed by atoms with Crippen molar-refractivity contribution >= 4 is 29.9 Å². The van der Waals surface area contributed by atoms with Crippen molar-refractivity contribution in [1.82, 2.24) is 10.2 Å². The lowest BCUT2D eigenvalue weighted by Crippen LogP contribution is -2.35. The zero-order chi connectivity index (χ0) is 15.4. The summed E-state index contributed by atoms with van der Waals surface area (Å²) in [6, 6.07) is 3.03. The highest BCUT2D eigenvalue weighted by Gasteiger charge is 2.20. The van der Waals surface area contributed by atoms with E-state index in [-0.39, 0.29) is 43.1 Å². The predicted molar refractivity (Wildman–Crippen MR) is 88.5 cm³/mol. The Morgan fingerprint density at radius 2 is 2.00 bits per heavy atom. The minimum Gasteiger partial charge on any atom is -0.454 e. The van der Waals surface area contributed by atoms with Crippen LogP contribution in [0.4, 0.5) is 8.78 Å². The Morgan fingerprint density at radius 3 is 2.55 bits per heavy atom. The molecule has 124 valence electrons. The van der Waals surface area contributed by atoms with Crippen molar-refractivity contribution in [2.75, 3.05) is 27.9 Å². The number of guanidine groups is 1. The SMILES string of the molecule is CN=C(NCc1cc2c(cc1OC(F)F)OCO2)N(C)C.I. The van der Waals surface area contributed by atoms with Gasteiger partial charge in [0, 0.05) is 39.3 Å². The van der Waals surface area contributed by atoms with Crippen LogP contribution in [0.2, 0.25) is 0 Å². The van der Waals surface area contributed by atoms with Gasteiger partial charge in [-0.15, -0.1) is 24.0 Å². The van der Waals surface area contributed by atoms with Crippen LogP contribution in [0.25, 0.3) is 0 Å². The number of fused-ring (bicyclic) bond motifs is 1. The number of hydrogen-bond donors (Lipinski definition) is 1. The number of ether oxygens (including phenoxy) is 3. The summed E-state index contributed by atoms with van der Waals surface area (Å²) < 4.78 is 39.9. The maximum absolute atomic E-state index is 12.5. The molecule has 0 saturated heterocycles. The summed E-state index contributed by atoms with van der Waals surface area (Å²) >= 11 is 0. The fraction of sp³-hybridized carbons (Fsp3) is 0.462. The molecule has 1 heterocycles. The van der Waals surface area contributed by atoms with E-state index in [9.17, 15) is 8.78 Å². The zero-order valence-corrected chi connectivity index (χ0v) is 14.8. The Balaban J connectivity index is 0.00000242. The molecule has 1 N–H and O–H groups in total. The van der Waals surface area contributed by atoms with Gasteiger partial charge in [0.05, 0.1) is 0 Å². The van der Waals surface area contributed by atoms with Crippen molar-refractivity contribution in [3.63, 3.8) is 0 Å². The van der Waals surface area contributed by atoms with Crippen molar-refractivity contribution in [3.8, 4) is 17.2 Å². The molecule has 0 saturated carbocycles. The van der Waals surface area contributed by atoms with Gasteiger partial charge in [0.2, 0.25) is 6.79 Å². The number of hydrogen-bond acceptors (Lipinski definition) is 4. The van der Waals surface area contributed by atoms with Gasteiger partial charge in [-0.2, -0.15) is 8.78 Å². The second kappa shape index (κ2) is 8.20. The minimum atomic E-state index is -2.91. The highest BCUT2D eigenvalue weighted by atomic mass is 127. The van der Waals surface area contributed by atoms with Crippen molar-refractivity contribution < 1.29 is 23.0 Å². The number of nitrogens with zero attached hydrogens (tertiary/aromatic N) is 2. The molecule has 22 heavy (non-hydrogen) atoms. The molecule has 0 bridgehead atoms. The van der Waals surface area contributed by atoms with Crippen LogP contribution < -0.4 is 19.5 Å². The molecule has 9 heteroatoms. The highest BCUT2D eigenvalue weighted by Crippen LogP contribution is 2.38. The van der Waals surface area contributed by atoms with Crippen LogP contribution in [-0.4, -0.2) is 45.4 Å². The molecular formula is C13H18F2IN3O3. The predicted octanol–water partition coefficient (Wildman–Crippen LogP) is 2.27. The Bertz CT molecular complexity index is 542. The van der Waals surface area contributed by atoms with Crippen molar-refractivity contribution in [3.05, 3.63) is 17.7 Å². The van der Waals surface area contributed by atoms with E-state index < -0.39 is 6.61 Å². The maximum atomic E-state index is 12.5. The van der Waals surface area contributed by atoms with Crippen LogP contribution in [-0.2, 0) is 6.54 Å². The maximum Gasteiger partial charge on any atom is 0.387 e. The zero-order valence-electron chi connectivity index (χ0n) is 12.4. The molecule has 1 aliphatic rings. The first kappa shape index (κ1) is 18.5. The van der Waals surface area contributed by atoms with Gasteiger partial charge < -0.3 is 24.4 Å². The lowest BCUT2D eigenvalue weighted by atomic mass is 10.1. The normalized spacial score (nSPS) is 12.9. The van der Waals surface area contributed by atoms with Crippen LogP contribution in [0.3, 0.4) is 0 Å². The van der Waals surface area contributed by atoms with E-state index in [1.807, 2.05) is 14.1 Å². The molecule has 1 aromatic carbocycles. The van der Waals surface area contributed by atoms with E-state index in [0.717, 1.165) is 0 Å². The van der Waals surface area contributed by atoms with Gasteiger partial charge in [0.1, 0.15) is 5.75 Å². The third-order valence-electron chi connectivity index (χ3n) is 2.84. The van der Waals surface area contributed by atoms with Crippen molar-refractivity contribution in [2.24, 2.45) is 4.99 Å². The van der Waals surface area contributed by atoms with E-state index in [1.54, 1.807) is 18.0 Å². The Kier molecular flexibility index (Phi) is 6.91. The summed E-state index contributed by atoms with van der Waals surface area (Å²) in [6.07, 6.45) is 0. The first-order valence-electron chi connectivity index (χ1n) is 6.26. The molecule has 0 spiro atoms. The van der Waals surface area contributed by atoms with Crippen LogP contribution in [0.15, 0.2) is 17.1 Å². The average Bonchev–Trinajstić information content (AvgIpc) is 2.85. The fourth-order valence-electron chi connectivity index (χ4n) is 1.92. The summed E-state index contributed by atoms with van der Waals surface area (Å²) in [4.78, 5) is 5.83. The Labute approximate surface area is 144 Å². The van der Waals surface area contributed by atoms with Crippen molar-refractivity contribution in [2.45, 2.75) is 13.2 Å². The van der Waals surface area contributed by atoms with E-state index >= 15 is 0 Å². The summed E-state index contributed by atoms with van der Waals surface area (Å²) in [6.45, 7) is -2.57. The standard InChI is InChI=1S/C13H17F2N3O3.HI/c1-16-13(18(2)3)17-6-8-4-10-11(20-7-19-10)5-9(8)21-12(14)15;/h4-5,12H,6-7H2,1-3H3,(H,16,17);1H. The van der Waals surface area contributed by atoms with E-state index in [2.05, 4.69) is 15.0 Å². The van der Waals surface area contributed by atoms with E-state index in [1.165, 1.54) is 6.07 Å². The Morgan fingerprint density at radius 1 is 1.36 bits per heavy atom. The van der Waals surface area contributed by atoms with Crippen LogP contribution in [0, 0.1) is 0 Å². The summed E-state index contributed by atoms with van der Waals surface area (Å²) in [5.74, 6) is 1.58. The quantitative estimate of drug-likeness (QED) is 0.452. The Hall–Kier alpha value is -1.52. The van der Waals surface area contributed by atoms with Gasteiger partial charge in [-0.05, 0) is 6.07 Å². The highest BCUT2D eigenvalue weighted by molar-refractivity contribution is 14.0. The lowest BCUT2D eigenvalue weighted by molar-refractivity contribution is -0.0505. The number of aliphatic imine (C=N–C) groups is 1. The molecule has 1 aliphatic heterocycles. The largest absolute Gasteiger partial charge is 0.454 e. The van der Waals surface area contributed by atoms with Gasteiger partial charge in [-0.25, -0.2) is 0 Å². The number of alkyl halides is 2. The number of nitrogens with one attached hydrogen (secondary N) is 1. The third-order valence-corrected chi connectivity index (χ3v) is 2.84. The van der Waals surface area contributed by atoms with Crippen molar-refractivity contribution in [1.29, 1.82) is 0 Å². The van der Waals surface area contributed by atoms with Gasteiger partial charge in [0.15, 0.2) is 17.5 Å². The molecule has 1 aromatic rings. The number of rotatable bonds is 4. The lowest BCUT2D eigenvalue weighted by Gasteiger charge is -2.18. The average molecular weight is 429 g/mol. The minimum absolute atomic E-state index is 0. The molecule has 6 nitrogen and oxygen atoms in total. The van der Waals surface area contributed by atoms with Gasteiger partial charge in [-0.3, -0.25) is 4.99 Å². The smallest absolute Gasteiger partial charge is 0.387 e. The third kappa shape index (κ3) is 4.49. The molecule has 0 aromatic heterocycles. The van der Waals surface area contributed by atoms with Gasteiger partial charge >= 0.3 is 6.61 Å². The molecule has 0 aliphatic carbocycles. The van der Waals surface area contributed by atoms with Crippen LogP contribution in [0.5, 0.6) is 17.2 Å². The van der Waals surface area contributed by atoms with E-state index in [4.69, 9.17) is 9.47 Å². The number of halogens is 3. The molecule has 0 radical (unpaired) electrons. The van der Waals surface area contributed by atoms with Gasteiger partial charge in [-0.1, -0.05) is 0 Å². The topological polar surface area (TPSA) is 55.3 Å². The molecule has 0 unspecified atom stereocenters.